The molecule has 0 amide bonds. The predicted molar refractivity (Wildman–Crippen MR) is 104 cm³/mol. The first-order valence-electron chi connectivity index (χ1n) is 8.27. The Morgan fingerprint density at radius 3 is 2.54 bits per heavy atom. The fourth-order valence-electron chi connectivity index (χ4n) is 2.46. The number of para-hydroxylation sites is 1. The molecule has 9 nitrogen and oxygen atoms in total. The van der Waals surface area contributed by atoms with E-state index in [1.807, 2.05) is 0 Å². The quantitative estimate of drug-likeness (QED) is 0.597. The van der Waals surface area contributed by atoms with Crippen molar-refractivity contribution in [2.45, 2.75) is 0 Å². The zero-order valence-corrected chi connectivity index (χ0v) is 15.6. The summed E-state index contributed by atoms with van der Waals surface area (Å²) in [6.45, 7) is 0. The number of nitrogens with one attached hydrogen (secondary N) is 2. The molecule has 28 heavy (non-hydrogen) atoms. The third-order valence-corrected chi connectivity index (χ3v) is 3.81. The number of carbonyl (C=O) groups is 1. The predicted octanol–water partition coefficient (Wildman–Crippen LogP) is 3.16. The van der Waals surface area contributed by atoms with Gasteiger partial charge in [0.2, 0.25) is 5.95 Å². The van der Waals surface area contributed by atoms with Crippen LogP contribution in [0.25, 0.3) is 0 Å². The lowest BCUT2D eigenvalue weighted by Crippen LogP contribution is -2.08. The minimum Gasteiger partial charge on any atom is -0.497 e. The van der Waals surface area contributed by atoms with Gasteiger partial charge in [-0.25, -0.2) is 4.79 Å². The summed E-state index contributed by atoms with van der Waals surface area (Å²) in [6.07, 6.45) is 1.47. The van der Waals surface area contributed by atoms with E-state index in [1.165, 1.54) is 13.3 Å². The lowest BCUT2D eigenvalue weighted by Gasteiger charge is -2.13. The molecular weight excluding hydrogens is 362 g/mol. The van der Waals surface area contributed by atoms with Crippen molar-refractivity contribution in [3.63, 3.8) is 0 Å². The molecule has 0 bridgehead atoms. The highest BCUT2D eigenvalue weighted by Crippen LogP contribution is 2.31. The van der Waals surface area contributed by atoms with Crippen molar-refractivity contribution in [2.24, 2.45) is 0 Å². The van der Waals surface area contributed by atoms with Gasteiger partial charge in [-0.1, -0.05) is 12.1 Å². The Hall–Kier alpha value is -3.88. The van der Waals surface area contributed by atoms with Gasteiger partial charge >= 0.3 is 5.97 Å². The molecule has 0 radical (unpaired) electrons. The number of hydrogen-bond acceptors (Lipinski definition) is 9. The van der Waals surface area contributed by atoms with E-state index in [0.717, 1.165) is 0 Å². The van der Waals surface area contributed by atoms with Crippen molar-refractivity contribution >= 4 is 29.1 Å². The topological polar surface area (TPSA) is 107 Å². The molecule has 0 unspecified atom stereocenters. The molecule has 0 aliphatic heterocycles. The zero-order chi connectivity index (χ0) is 19.9. The third kappa shape index (κ3) is 4.26. The highest BCUT2D eigenvalue weighted by Gasteiger charge is 2.13. The molecule has 0 saturated heterocycles. The van der Waals surface area contributed by atoms with Crippen molar-refractivity contribution in [3.8, 4) is 11.5 Å². The van der Waals surface area contributed by atoms with Gasteiger partial charge in [-0.05, 0) is 24.3 Å². The van der Waals surface area contributed by atoms with Gasteiger partial charge in [0.25, 0.3) is 0 Å². The monoisotopic (exact) mass is 381 g/mol. The summed E-state index contributed by atoms with van der Waals surface area (Å²) >= 11 is 0. The maximum absolute atomic E-state index is 11.9. The van der Waals surface area contributed by atoms with E-state index in [1.54, 1.807) is 56.7 Å². The van der Waals surface area contributed by atoms with Crippen LogP contribution in [0.4, 0.5) is 23.1 Å². The van der Waals surface area contributed by atoms with Crippen LogP contribution in [-0.4, -0.2) is 42.5 Å². The normalized spacial score (nSPS) is 10.1. The molecule has 1 heterocycles. The average Bonchev–Trinajstić information content (AvgIpc) is 2.74. The Morgan fingerprint density at radius 2 is 1.79 bits per heavy atom. The van der Waals surface area contributed by atoms with Gasteiger partial charge in [-0.2, -0.15) is 10.1 Å². The molecule has 0 fully saturated rings. The fourth-order valence-corrected chi connectivity index (χ4v) is 2.46. The van der Waals surface area contributed by atoms with Gasteiger partial charge in [0.05, 0.1) is 44.5 Å². The zero-order valence-electron chi connectivity index (χ0n) is 15.6. The number of carbonyl (C=O) groups excluding carboxylic acids is 1. The van der Waals surface area contributed by atoms with Crippen LogP contribution in [0.15, 0.2) is 48.7 Å². The van der Waals surface area contributed by atoms with Crippen LogP contribution >= 0.6 is 0 Å². The summed E-state index contributed by atoms with van der Waals surface area (Å²) in [5.41, 5.74) is 1.56. The molecule has 3 rings (SSSR count). The SMILES string of the molecule is COC(=O)c1ccccc1Nc1nncc(Nc2ccc(OC)cc2OC)n1. The second-order valence-electron chi connectivity index (χ2n) is 5.52. The second kappa shape index (κ2) is 8.67. The summed E-state index contributed by atoms with van der Waals surface area (Å²) in [4.78, 5) is 16.3. The van der Waals surface area contributed by atoms with Crippen molar-refractivity contribution in [3.05, 3.63) is 54.2 Å². The highest BCUT2D eigenvalue weighted by molar-refractivity contribution is 5.96. The first kappa shape index (κ1) is 18.9. The van der Waals surface area contributed by atoms with Crippen LogP contribution in [0.5, 0.6) is 11.5 Å². The number of ether oxygens (including phenoxy) is 3. The Bertz CT molecular complexity index is 980. The molecule has 0 aliphatic carbocycles. The summed E-state index contributed by atoms with van der Waals surface area (Å²) in [5, 5.41) is 14.0. The molecule has 0 saturated carbocycles. The van der Waals surface area contributed by atoms with E-state index in [4.69, 9.17) is 14.2 Å². The first-order valence-corrected chi connectivity index (χ1v) is 8.27. The van der Waals surface area contributed by atoms with Crippen LogP contribution in [0.1, 0.15) is 10.4 Å². The maximum Gasteiger partial charge on any atom is 0.339 e. The van der Waals surface area contributed by atoms with Crippen molar-refractivity contribution < 1.29 is 19.0 Å². The largest absolute Gasteiger partial charge is 0.497 e. The van der Waals surface area contributed by atoms with Gasteiger partial charge in [0.15, 0.2) is 5.82 Å². The number of methoxy groups -OCH3 is 3. The van der Waals surface area contributed by atoms with E-state index < -0.39 is 5.97 Å². The van der Waals surface area contributed by atoms with Gasteiger partial charge in [-0.3, -0.25) is 0 Å². The second-order valence-corrected chi connectivity index (χ2v) is 5.52. The molecule has 2 N–H and O–H groups in total. The maximum atomic E-state index is 11.9. The van der Waals surface area contributed by atoms with Crippen molar-refractivity contribution in [1.29, 1.82) is 0 Å². The molecule has 3 aromatic rings. The van der Waals surface area contributed by atoms with Crippen molar-refractivity contribution in [2.75, 3.05) is 32.0 Å². The number of benzene rings is 2. The van der Waals surface area contributed by atoms with Crippen LogP contribution < -0.4 is 20.1 Å². The fraction of sp³-hybridized carbons (Fsp3) is 0.158. The number of rotatable bonds is 7. The van der Waals surface area contributed by atoms with Gasteiger partial charge in [0, 0.05) is 6.07 Å². The average molecular weight is 381 g/mol. The molecule has 9 heteroatoms. The Labute approximate surface area is 161 Å². The highest BCUT2D eigenvalue weighted by atomic mass is 16.5. The Morgan fingerprint density at radius 1 is 0.964 bits per heavy atom. The molecule has 1 aromatic heterocycles. The lowest BCUT2D eigenvalue weighted by atomic mass is 10.2. The molecule has 0 spiro atoms. The Balaban J connectivity index is 1.83. The minimum absolute atomic E-state index is 0.217. The first-order chi connectivity index (χ1) is 13.6. The molecule has 2 aromatic carbocycles. The molecular formula is C19H19N5O4. The number of hydrogen-bond donors (Lipinski definition) is 2. The number of aromatic nitrogens is 3. The molecule has 0 aliphatic rings. The summed E-state index contributed by atoms with van der Waals surface area (Å²) < 4.78 is 15.4. The van der Waals surface area contributed by atoms with Crippen LogP contribution in [-0.2, 0) is 4.74 Å². The van der Waals surface area contributed by atoms with E-state index in [0.29, 0.717) is 34.3 Å². The Kier molecular flexibility index (Phi) is 5.85. The van der Waals surface area contributed by atoms with Gasteiger partial charge in [0.1, 0.15) is 11.5 Å². The van der Waals surface area contributed by atoms with Crippen LogP contribution in [0.3, 0.4) is 0 Å². The van der Waals surface area contributed by atoms with Gasteiger partial charge < -0.3 is 24.8 Å². The van der Waals surface area contributed by atoms with E-state index in [2.05, 4.69) is 25.8 Å². The van der Waals surface area contributed by atoms with Crippen LogP contribution in [0.2, 0.25) is 0 Å². The smallest absolute Gasteiger partial charge is 0.339 e. The number of nitrogens with zero attached hydrogens (tertiary/aromatic N) is 3. The molecule has 144 valence electrons. The van der Waals surface area contributed by atoms with Crippen LogP contribution in [0, 0.1) is 0 Å². The molecule has 0 atom stereocenters. The van der Waals surface area contributed by atoms with E-state index in [9.17, 15) is 4.79 Å². The number of esters is 1. The van der Waals surface area contributed by atoms with Gasteiger partial charge in [-0.15, -0.1) is 5.10 Å². The van der Waals surface area contributed by atoms with E-state index in [-0.39, 0.29) is 5.95 Å². The third-order valence-electron chi connectivity index (χ3n) is 3.81. The summed E-state index contributed by atoms with van der Waals surface area (Å²) in [6, 6.07) is 12.2. The summed E-state index contributed by atoms with van der Waals surface area (Å²) in [7, 11) is 4.47. The minimum atomic E-state index is -0.465. The van der Waals surface area contributed by atoms with E-state index >= 15 is 0 Å². The number of anilines is 4. The van der Waals surface area contributed by atoms with Crippen molar-refractivity contribution in [1.82, 2.24) is 15.2 Å². The lowest BCUT2D eigenvalue weighted by molar-refractivity contribution is 0.0602. The standard InChI is InChI=1S/C19H19N5O4/c1-26-12-8-9-15(16(10-12)27-2)21-17-11-20-24-19(23-17)22-14-7-5-4-6-13(14)18(25)28-3/h4-11H,1-3H3,(H2,21,22,23,24). The summed E-state index contributed by atoms with van der Waals surface area (Å²) in [5.74, 6) is 1.45.